The summed E-state index contributed by atoms with van der Waals surface area (Å²) in [5, 5.41) is 3.39. The molecule has 0 radical (unpaired) electrons. The van der Waals surface area contributed by atoms with E-state index in [1.807, 2.05) is 11.9 Å². The molecule has 1 aromatic rings. The molecule has 1 aromatic carbocycles. The molecule has 1 fully saturated rings. The van der Waals surface area contributed by atoms with Crippen molar-refractivity contribution >= 4 is 5.91 Å². The Balaban J connectivity index is 2.09. The molecule has 1 saturated heterocycles. The molecule has 3 nitrogen and oxygen atoms in total. The van der Waals surface area contributed by atoms with Gasteiger partial charge in [0.25, 0.3) is 0 Å². The number of carbonyl (C=O) groups excluding carboxylic acids is 1. The molecule has 2 unspecified atom stereocenters. The topological polar surface area (TPSA) is 32.3 Å². The van der Waals surface area contributed by atoms with Gasteiger partial charge >= 0.3 is 0 Å². The normalized spacial score (nSPS) is 20.1. The molecule has 3 heteroatoms. The first-order valence-electron chi connectivity index (χ1n) is 8.07. The molecular formula is C18H28N2O. The van der Waals surface area contributed by atoms with Crippen LogP contribution in [0.15, 0.2) is 18.2 Å². The maximum atomic E-state index is 12.2. The molecule has 0 aliphatic carbocycles. The number of likely N-dealkylation sites (tertiary alicyclic amines) is 1. The summed E-state index contributed by atoms with van der Waals surface area (Å²) in [6, 6.07) is 6.76. The van der Waals surface area contributed by atoms with Gasteiger partial charge in [0.2, 0.25) is 5.91 Å². The summed E-state index contributed by atoms with van der Waals surface area (Å²) < 4.78 is 0. The van der Waals surface area contributed by atoms with E-state index in [1.165, 1.54) is 16.7 Å². The third kappa shape index (κ3) is 3.85. The van der Waals surface area contributed by atoms with Crippen LogP contribution in [0.1, 0.15) is 48.9 Å². The van der Waals surface area contributed by atoms with E-state index in [4.69, 9.17) is 0 Å². The smallest absolute Gasteiger partial charge is 0.222 e. The highest BCUT2D eigenvalue weighted by Gasteiger charge is 2.30. The Kier molecular flexibility index (Phi) is 5.40. The van der Waals surface area contributed by atoms with Gasteiger partial charge < -0.3 is 10.2 Å². The van der Waals surface area contributed by atoms with E-state index in [0.717, 1.165) is 32.4 Å². The maximum Gasteiger partial charge on any atom is 0.222 e. The van der Waals surface area contributed by atoms with Gasteiger partial charge in [-0.3, -0.25) is 4.79 Å². The Labute approximate surface area is 128 Å². The first-order chi connectivity index (χ1) is 10.0. The summed E-state index contributed by atoms with van der Waals surface area (Å²) in [5.74, 6) is 0.873. The van der Waals surface area contributed by atoms with Crippen molar-refractivity contribution in [1.82, 2.24) is 10.2 Å². The number of nitrogens with one attached hydrogen (secondary N) is 1. The van der Waals surface area contributed by atoms with E-state index in [2.05, 4.69) is 44.3 Å². The molecule has 21 heavy (non-hydrogen) atoms. The lowest BCUT2D eigenvalue weighted by atomic mass is 9.98. The molecule has 116 valence electrons. The van der Waals surface area contributed by atoms with Crippen LogP contribution < -0.4 is 5.32 Å². The van der Waals surface area contributed by atoms with Crippen LogP contribution in [0.5, 0.6) is 0 Å². The number of hydrogen-bond donors (Lipinski definition) is 1. The highest BCUT2D eigenvalue weighted by Crippen LogP contribution is 2.26. The fraction of sp³-hybridized carbons (Fsp3) is 0.611. The second kappa shape index (κ2) is 7.08. The molecule has 1 aliphatic heterocycles. The number of benzene rings is 1. The second-order valence-corrected chi connectivity index (χ2v) is 6.36. The number of aryl methyl sites for hydroxylation is 2. The minimum Gasteiger partial charge on any atom is -0.340 e. The van der Waals surface area contributed by atoms with Crippen molar-refractivity contribution in [1.29, 1.82) is 0 Å². The molecule has 0 bridgehead atoms. The zero-order valence-corrected chi connectivity index (χ0v) is 13.8. The van der Waals surface area contributed by atoms with Gasteiger partial charge in [-0.2, -0.15) is 0 Å². The quantitative estimate of drug-likeness (QED) is 0.871. The van der Waals surface area contributed by atoms with Gasteiger partial charge in [0, 0.05) is 25.6 Å². The van der Waals surface area contributed by atoms with Gasteiger partial charge in [-0.1, -0.05) is 37.1 Å². The number of carbonyl (C=O) groups is 1. The Morgan fingerprint density at radius 2 is 2.14 bits per heavy atom. The zero-order valence-electron chi connectivity index (χ0n) is 13.8. The molecule has 1 N–H and O–H groups in total. The van der Waals surface area contributed by atoms with Crippen LogP contribution in [0, 0.1) is 19.8 Å². The standard InChI is InChI=1S/C18H28N2O/c1-5-6-15-10-18(21)20(11-15)12-17(19-4)16-9-13(2)7-8-14(16)3/h7-9,15,17,19H,5-6,10-12H2,1-4H3. The monoisotopic (exact) mass is 288 g/mol. The number of amides is 1. The predicted octanol–water partition coefficient (Wildman–Crippen LogP) is 3.21. The molecule has 0 saturated carbocycles. The Bertz CT molecular complexity index is 498. The van der Waals surface area contributed by atoms with E-state index in [9.17, 15) is 4.79 Å². The first-order valence-corrected chi connectivity index (χ1v) is 8.07. The van der Waals surface area contributed by atoms with Gasteiger partial charge in [-0.15, -0.1) is 0 Å². The van der Waals surface area contributed by atoms with Crippen LogP contribution in [0.25, 0.3) is 0 Å². The fourth-order valence-corrected chi connectivity index (χ4v) is 3.33. The zero-order chi connectivity index (χ0) is 15.4. The summed E-state index contributed by atoms with van der Waals surface area (Å²) in [4.78, 5) is 14.2. The van der Waals surface area contributed by atoms with Crippen LogP contribution in [-0.4, -0.2) is 30.9 Å². The van der Waals surface area contributed by atoms with Gasteiger partial charge in [0.05, 0.1) is 0 Å². The molecule has 1 heterocycles. The average molecular weight is 288 g/mol. The molecule has 1 aliphatic rings. The minimum atomic E-state index is 0.217. The number of hydrogen-bond acceptors (Lipinski definition) is 2. The van der Waals surface area contributed by atoms with Gasteiger partial charge in [0.1, 0.15) is 0 Å². The highest BCUT2D eigenvalue weighted by molar-refractivity contribution is 5.78. The molecule has 0 aromatic heterocycles. The molecule has 2 rings (SSSR count). The Morgan fingerprint density at radius 1 is 1.38 bits per heavy atom. The van der Waals surface area contributed by atoms with Crippen molar-refractivity contribution in [2.75, 3.05) is 20.1 Å². The fourth-order valence-electron chi connectivity index (χ4n) is 3.33. The van der Waals surface area contributed by atoms with Crippen LogP contribution in [0.4, 0.5) is 0 Å². The van der Waals surface area contributed by atoms with Gasteiger partial charge in [-0.25, -0.2) is 0 Å². The van der Waals surface area contributed by atoms with Crippen LogP contribution in [0.2, 0.25) is 0 Å². The lowest BCUT2D eigenvalue weighted by Gasteiger charge is -2.26. The molecule has 0 spiro atoms. The summed E-state index contributed by atoms with van der Waals surface area (Å²) in [6.45, 7) is 8.16. The van der Waals surface area contributed by atoms with Crippen molar-refractivity contribution in [2.45, 2.75) is 46.1 Å². The van der Waals surface area contributed by atoms with Crippen molar-refractivity contribution in [2.24, 2.45) is 5.92 Å². The first kappa shape index (κ1) is 16.0. The Morgan fingerprint density at radius 3 is 2.81 bits per heavy atom. The van der Waals surface area contributed by atoms with E-state index in [1.54, 1.807) is 0 Å². The third-order valence-corrected chi connectivity index (χ3v) is 4.55. The predicted molar refractivity (Wildman–Crippen MR) is 87.3 cm³/mol. The minimum absolute atomic E-state index is 0.217. The van der Waals surface area contributed by atoms with E-state index in [-0.39, 0.29) is 6.04 Å². The molecule has 1 amide bonds. The van der Waals surface area contributed by atoms with Crippen molar-refractivity contribution in [3.63, 3.8) is 0 Å². The Hall–Kier alpha value is -1.35. The lowest BCUT2D eigenvalue weighted by Crippen LogP contribution is -2.35. The van der Waals surface area contributed by atoms with Crippen LogP contribution >= 0.6 is 0 Å². The third-order valence-electron chi connectivity index (χ3n) is 4.55. The van der Waals surface area contributed by atoms with E-state index >= 15 is 0 Å². The van der Waals surface area contributed by atoms with Crippen LogP contribution in [-0.2, 0) is 4.79 Å². The van der Waals surface area contributed by atoms with Crippen molar-refractivity contribution < 1.29 is 4.79 Å². The summed E-state index contributed by atoms with van der Waals surface area (Å²) in [7, 11) is 1.98. The SMILES string of the molecule is CCCC1CC(=O)N(CC(NC)c2cc(C)ccc2C)C1. The maximum absolute atomic E-state index is 12.2. The molecule has 2 atom stereocenters. The number of rotatable bonds is 6. The number of nitrogens with zero attached hydrogens (tertiary/aromatic N) is 1. The van der Waals surface area contributed by atoms with Gasteiger partial charge in [-0.05, 0) is 44.4 Å². The second-order valence-electron chi connectivity index (χ2n) is 6.36. The van der Waals surface area contributed by atoms with E-state index < -0.39 is 0 Å². The van der Waals surface area contributed by atoms with Gasteiger partial charge in [0.15, 0.2) is 0 Å². The van der Waals surface area contributed by atoms with Crippen molar-refractivity contribution in [3.8, 4) is 0 Å². The lowest BCUT2D eigenvalue weighted by molar-refractivity contribution is -0.128. The highest BCUT2D eigenvalue weighted by atomic mass is 16.2. The van der Waals surface area contributed by atoms with Crippen molar-refractivity contribution in [3.05, 3.63) is 34.9 Å². The summed E-state index contributed by atoms with van der Waals surface area (Å²) in [6.07, 6.45) is 3.06. The van der Waals surface area contributed by atoms with Crippen LogP contribution in [0.3, 0.4) is 0 Å². The van der Waals surface area contributed by atoms with E-state index in [0.29, 0.717) is 11.8 Å². The summed E-state index contributed by atoms with van der Waals surface area (Å²) >= 11 is 0. The summed E-state index contributed by atoms with van der Waals surface area (Å²) in [5.41, 5.74) is 3.87. The molecular weight excluding hydrogens is 260 g/mol. The number of likely N-dealkylation sites (N-methyl/N-ethyl adjacent to an activating group) is 1. The largest absolute Gasteiger partial charge is 0.340 e. The average Bonchev–Trinajstić information content (AvgIpc) is 2.79.